The fourth-order valence-electron chi connectivity index (χ4n) is 4.85. The molecule has 11 heteroatoms. The number of fused-ring (bicyclic) bond motifs is 1. The maximum atomic E-state index is 14.2. The van der Waals surface area contributed by atoms with Crippen molar-refractivity contribution in [2.24, 2.45) is 0 Å². The average molecular weight is 575 g/mol. The van der Waals surface area contributed by atoms with Crippen LogP contribution in [0.25, 0.3) is 22.0 Å². The lowest BCUT2D eigenvalue weighted by molar-refractivity contribution is -0.127. The highest BCUT2D eigenvalue weighted by atomic mass is 35.5. The molecule has 1 amide bonds. The number of carbonyl (C=O) groups excluding carboxylic acids is 1. The highest BCUT2D eigenvalue weighted by Gasteiger charge is 2.28. The van der Waals surface area contributed by atoms with Crippen LogP contribution in [0.5, 0.6) is 11.5 Å². The molecule has 1 aromatic carbocycles. The Bertz CT molecular complexity index is 1430. The first-order valence-electron chi connectivity index (χ1n) is 12.6. The molecular weight excluding hydrogens is 541 g/mol. The van der Waals surface area contributed by atoms with Crippen molar-refractivity contribution >= 4 is 45.8 Å². The number of aromatic nitrogens is 2. The van der Waals surface area contributed by atoms with Gasteiger partial charge in [-0.1, -0.05) is 29.3 Å². The molecule has 4 rings (SSSR count). The summed E-state index contributed by atoms with van der Waals surface area (Å²) in [5.74, 6) is 1.31. The number of halogens is 2. The van der Waals surface area contributed by atoms with Crippen LogP contribution in [0.3, 0.4) is 0 Å². The first kappa shape index (κ1) is 28.7. The van der Waals surface area contributed by atoms with Crippen LogP contribution in [0, 0.1) is 0 Å². The summed E-state index contributed by atoms with van der Waals surface area (Å²) in [6.45, 7) is 1.76. The summed E-state index contributed by atoms with van der Waals surface area (Å²) in [6, 6.07) is 5.05. The predicted octanol–water partition coefficient (Wildman–Crippen LogP) is 4.71. The van der Waals surface area contributed by atoms with Gasteiger partial charge in [0.2, 0.25) is 5.91 Å². The lowest BCUT2D eigenvalue weighted by atomic mass is 10.00. The van der Waals surface area contributed by atoms with Crippen molar-refractivity contribution in [3.05, 3.63) is 56.9 Å². The Hall–Kier alpha value is -3.27. The molecule has 0 atom stereocenters. The SMILES string of the molecule is CNc1cc2c(cn1)cc(-c1c(Cl)c(OC)cc(OC)c1Cl)c(=O)n2C1CCN(C(=O)/C=C/CN(C)C)CC1. The summed E-state index contributed by atoms with van der Waals surface area (Å²) in [7, 11) is 8.66. The smallest absolute Gasteiger partial charge is 0.259 e. The fraction of sp³-hybridized carbons (Fsp3) is 0.393. The zero-order valence-corrected chi connectivity index (χ0v) is 24.3. The third-order valence-corrected chi connectivity index (χ3v) is 7.64. The maximum absolute atomic E-state index is 14.2. The lowest BCUT2D eigenvalue weighted by Gasteiger charge is -2.33. The van der Waals surface area contributed by atoms with E-state index >= 15 is 0 Å². The van der Waals surface area contributed by atoms with E-state index in [1.54, 1.807) is 36.0 Å². The van der Waals surface area contributed by atoms with Gasteiger partial charge in [-0.15, -0.1) is 0 Å². The van der Waals surface area contributed by atoms with Gasteiger partial charge in [0.15, 0.2) is 0 Å². The molecule has 1 aliphatic heterocycles. The van der Waals surface area contributed by atoms with Crippen molar-refractivity contribution in [3.63, 3.8) is 0 Å². The molecule has 1 fully saturated rings. The van der Waals surface area contributed by atoms with Gasteiger partial charge in [-0.25, -0.2) is 4.98 Å². The number of hydrogen-bond acceptors (Lipinski definition) is 7. The van der Waals surface area contributed by atoms with Gasteiger partial charge in [-0.3, -0.25) is 9.59 Å². The van der Waals surface area contributed by atoms with E-state index in [9.17, 15) is 9.59 Å². The summed E-state index contributed by atoms with van der Waals surface area (Å²) >= 11 is 13.4. The van der Waals surface area contributed by atoms with Crippen LogP contribution in [0.1, 0.15) is 18.9 Å². The van der Waals surface area contributed by atoms with Gasteiger partial charge in [0.25, 0.3) is 5.56 Å². The minimum absolute atomic E-state index is 0.0232. The number of methoxy groups -OCH3 is 2. The van der Waals surface area contributed by atoms with Gasteiger partial charge in [-0.2, -0.15) is 0 Å². The highest BCUT2D eigenvalue weighted by Crippen LogP contribution is 2.45. The topological polar surface area (TPSA) is 88.9 Å². The third kappa shape index (κ3) is 5.85. The Labute approximate surface area is 237 Å². The second kappa shape index (κ2) is 12.3. The van der Waals surface area contributed by atoms with E-state index in [0.29, 0.717) is 60.9 Å². The summed E-state index contributed by atoms with van der Waals surface area (Å²) in [5, 5.41) is 4.24. The molecule has 0 radical (unpaired) electrons. The minimum atomic E-state index is -0.245. The number of amides is 1. The number of nitrogens with zero attached hydrogens (tertiary/aromatic N) is 4. The second-order valence-corrected chi connectivity index (χ2v) is 10.4. The van der Waals surface area contributed by atoms with Gasteiger partial charge in [0, 0.05) is 68.1 Å². The average Bonchev–Trinajstić information content (AvgIpc) is 2.93. The first-order valence-corrected chi connectivity index (χ1v) is 13.4. The van der Waals surface area contributed by atoms with E-state index in [1.165, 1.54) is 14.2 Å². The van der Waals surface area contributed by atoms with Crippen molar-refractivity contribution in [2.45, 2.75) is 18.9 Å². The van der Waals surface area contributed by atoms with Crippen LogP contribution in [0.15, 0.2) is 41.3 Å². The number of carbonyl (C=O) groups is 1. The number of anilines is 1. The van der Waals surface area contributed by atoms with Crippen molar-refractivity contribution < 1.29 is 14.3 Å². The molecule has 1 aliphatic rings. The Morgan fingerprint density at radius 2 is 1.77 bits per heavy atom. The van der Waals surface area contributed by atoms with Crippen molar-refractivity contribution in [1.29, 1.82) is 0 Å². The number of nitrogens with one attached hydrogen (secondary N) is 1. The third-order valence-electron chi connectivity index (χ3n) is 6.89. The monoisotopic (exact) mass is 573 g/mol. The molecule has 9 nitrogen and oxygen atoms in total. The molecule has 0 unspecified atom stereocenters. The van der Waals surface area contributed by atoms with E-state index in [1.807, 2.05) is 36.0 Å². The normalized spacial score (nSPS) is 14.4. The molecule has 2 aromatic heterocycles. The van der Waals surface area contributed by atoms with E-state index in [2.05, 4.69) is 10.3 Å². The number of likely N-dealkylation sites (tertiary alicyclic amines) is 1. The van der Waals surface area contributed by atoms with Gasteiger partial charge in [0.05, 0.1) is 35.3 Å². The van der Waals surface area contributed by atoms with Crippen LogP contribution in [0.2, 0.25) is 10.0 Å². The molecule has 0 aliphatic carbocycles. The van der Waals surface area contributed by atoms with E-state index < -0.39 is 0 Å². The van der Waals surface area contributed by atoms with Crippen LogP contribution < -0.4 is 20.3 Å². The Morgan fingerprint density at radius 3 is 2.33 bits per heavy atom. The van der Waals surface area contributed by atoms with Crippen molar-refractivity contribution in [3.8, 4) is 22.6 Å². The van der Waals surface area contributed by atoms with Crippen molar-refractivity contribution in [2.75, 3.05) is 60.3 Å². The molecule has 3 heterocycles. The minimum Gasteiger partial charge on any atom is -0.495 e. The quantitative estimate of drug-likeness (QED) is 0.390. The van der Waals surface area contributed by atoms with Gasteiger partial charge in [-0.05, 0) is 33.0 Å². The van der Waals surface area contributed by atoms with E-state index in [-0.39, 0.29) is 27.6 Å². The van der Waals surface area contributed by atoms with Gasteiger partial charge in [0.1, 0.15) is 17.3 Å². The molecule has 0 saturated carbocycles. The van der Waals surface area contributed by atoms with Crippen LogP contribution in [-0.4, -0.2) is 80.3 Å². The molecule has 0 bridgehead atoms. The van der Waals surface area contributed by atoms with Gasteiger partial charge >= 0.3 is 0 Å². The van der Waals surface area contributed by atoms with Crippen molar-refractivity contribution in [1.82, 2.24) is 19.4 Å². The summed E-state index contributed by atoms with van der Waals surface area (Å²) in [4.78, 5) is 35.2. The number of benzene rings is 1. The fourth-order valence-corrected chi connectivity index (χ4v) is 5.55. The Balaban J connectivity index is 1.81. The van der Waals surface area contributed by atoms with E-state index in [0.717, 1.165) is 10.9 Å². The van der Waals surface area contributed by atoms with Crippen LogP contribution in [0.4, 0.5) is 5.82 Å². The molecule has 0 spiro atoms. The summed E-state index contributed by atoms with van der Waals surface area (Å²) in [5.41, 5.74) is 1.15. The number of hydrogen-bond donors (Lipinski definition) is 1. The predicted molar refractivity (Wildman–Crippen MR) is 157 cm³/mol. The zero-order valence-electron chi connectivity index (χ0n) is 22.8. The first-order chi connectivity index (χ1) is 18.7. The Kier molecular flexibility index (Phi) is 9.04. The lowest BCUT2D eigenvalue weighted by Crippen LogP contribution is -2.40. The number of ether oxygens (including phenoxy) is 2. The largest absolute Gasteiger partial charge is 0.495 e. The number of rotatable bonds is 8. The van der Waals surface area contributed by atoms with E-state index in [4.69, 9.17) is 32.7 Å². The summed E-state index contributed by atoms with van der Waals surface area (Å²) in [6.07, 6.45) is 6.43. The number of likely N-dealkylation sites (N-methyl/N-ethyl adjacent to an activating group) is 1. The zero-order chi connectivity index (χ0) is 28.3. The standard InChI is InChI=1S/C28H33Cl2N5O4/c1-31-23-14-20-17(16-32-23)13-19(25-26(29)21(38-4)15-22(39-5)27(25)30)28(37)35(20)18-8-11-34(12-9-18)24(36)7-6-10-33(2)3/h6-7,13-16,18H,8-12H2,1-5H3,(H,31,32)/b7-6+. The van der Waals surface area contributed by atoms with Gasteiger partial charge < -0.3 is 29.2 Å². The highest BCUT2D eigenvalue weighted by molar-refractivity contribution is 6.41. The molecule has 3 aromatic rings. The molecular formula is C28H33Cl2N5O4. The molecule has 1 N–H and O–H groups in total. The molecule has 1 saturated heterocycles. The maximum Gasteiger partial charge on any atom is 0.259 e. The second-order valence-electron chi connectivity index (χ2n) is 9.62. The number of piperidine rings is 1. The molecule has 208 valence electrons. The summed E-state index contributed by atoms with van der Waals surface area (Å²) < 4.78 is 12.7. The van der Waals surface area contributed by atoms with Crippen LogP contribution in [-0.2, 0) is 4.79 Å². The Morgan fingerprint density at radius 1 is 1.13 bits per heavy atom. The number of pyridine rings is 2. The molecule has 39 heavy (non-hydrogen) atoms. The van der Waals surface area contributed by atoms with Crippen LogP contribution >= 0.6 is 23.2 Å².